The van der Waals surface area contributed by atoms with Gasteiger partial charge in [-0.15, -0.1) is 0 Å². The minimum absolute atomic E-state index is 0.00612. The molecular weight excluding hydrogens is 417 g/mol. The molecule has 7 nitrogen and oxygen atoms in total. The maximum absolute atomic E-state index is 12.0. The van der Waals surface area contributed by atoms with Gasteiger partial charge in [0.05, 0.1) is 15.7 Å². The summed E-state index contributed by atoms with van der Waals surface area (Å²) in [5, 5.41) is 0.898. The summed E-state index contributed by atoms with van der Waals surface area (Å²) in [6.45, 7) is 0.488. The Kier molecular flexibility index (Phi) is 5.60. The number of hydrogen-bond acceptors (Lipinski definition) is 5. The Morgan fingerprint density at radius 3 is 2.69 bits per heavy atom. The number of nitrogens with zero attached hydrogens (tertiary/aromatic N) is 3. The van der Waals surface area contributed by atoms with E-state index in [2.05, 4.69) is 4.98 Å². The SMILES string of the molecule is O=C(COc1ccc(N2CCCC2=O)cc1)OCc1cn2cc(Cl)cc(Cl)c2n1. The van der Waals surface area contributed by atoms with Gasteiger partial charge in [-0.25, -0.2) is 9.78 Å². The highest BCUT2D eigenvalue weighted by Crippen LogP contribution is 2.24. The summed E-state index contributed by atoms with van der Waals surface area (Å²) < 4.78 is 12.3. The molecule has 1 aliphatic heterocycles. The highest BCUT2D eigenvalue weighted by Gasteiger charge is 2.21. The van der Waals surface area contributed by atoms with E-state index in [4.69, 9.17) is 32.7 Å². The van der Waals surface area contributed by atoms with Gasteiger partial charge in [-0.1, -0.05) is 23.2 Å². The van der Waals surface area contributed by atoms with E-state index < -0.39 is 5.97 Å². The first kappa shape index (κ1) is 19.5. The number of anilines is 1. The molecule has 0 bridgehead atoms. The lowest BCUT2D eigenvalue weighted by atomic mass is 10.3. The molecule has 29 heavy (non-hydrogen) atoms. The van der Waals surface area contributed by atoms with E-state index in [1.807, 2.05) is 0 Å². The van der Waals surface area contributed by atoms with Crippen LogP contribution < -0.4 is 9.64 Å². The number of carbonyl (C=O) groups excluding carboxylic acids is 2. The number of imidazole rings is 1. The predicted octanol–water partition coefficient (Wildman–Crippen LogP) is 3.89. The van der Waals surface area contributed by atoms with Crippen molar-refractivity contribution in [3.8, 4) is 5.75 Å². The van der Waals surface area contributed by atoms with Gasteiger partial charge in [-0.05, 0) is 36.8 Å². The molecule has 1 saturated heterocycles. The highest BCUT2D eigenvalue weighted by atomic mass is 35.5. The molecular formula is C20H17Cl2N3O4. The third-order valence-electron chi connectivity index (χ3n) is 4.48. The molecule has 0 atom stereocenters. The first-order valence-corrected chi connectivity index (χ1v) is 9.77. The van der Waals surface area contributed by atoms with Crippen LogP contribution in [0.2, 0.25) is 10.0 Å². The number of benzene rings is 1. The van der Waals surface area contributed by atoms with Crippen LogP contribution in [0.4, 0.5) is 5.69 Å². The Balaban J connectivity index is 1.29. The van der Waals surface area contributed by atoms with Crippen LogP contribution in [0, 0.1) is 0 Å². The second kappa shape index (κ2) is 8.31. The molecule has 0 aliphatic carbocycles. The molecule has 150 valence electrons. The van der Waals surface area contributed by atoms with Gasteiger partial charge >= 0.3 is 5.97 Å². The van der Waals surface area contributed by atoms with Crippen molar-refractivity contribution in [3.05, 3.63) is 58.5 Å². The Morgan fingerprint density at radius 2 is 1.97 bits per heavy atom. The minimum Gasteiger partial charge on any atom is -0.482 e. The van der Waals surface area contributed by atoms with E-state index in [1.54, 1.807) is 52.0 Å². The zero-order valence-corrected chi connectivity index (χ0v) is 16.8. The van der Waals surface area contributed by atoms with Crippen molar-refractivity contribution in [3.63, 3.8) is 0 Å². The molecule has 4 rings (SSSR count). The smallest absolute Gasteiger partial charge is 0.344 e. The van der Waals surface area contributed by atoms with Gasteiger partial charge in [-0.2, -0.15) is 0 Å². The average Bonchev–Trinajstić information content (AvgIpc) is 3.31. The summed E-state index contributed by atoms with van der Waals surface area (Å²) in [7, 11) is 0. The number of hydrogen-bond donors (Lipinski definition) is 0. The van der Waals surface area contributed by atoms with E-state index in [9.17, 15) is 9.59 Å². The molecule has 1 aliphatic rings. The lowest BCUT2D eigenvalue weighted by molar-refractivity contribution is -0.147. The number of pyridine rings is 1. The fourth-order valence-electron chi connectivity index (χ4n) is 3.13. The van der Waals surface area contributed by atoms with Crippen LogP contribution in [0.5, 0.6) is 5.75 Å². The van der Waals surface area contributed by atoms with Crippen molar-refractivity contribution in [1.29, 1.82) is 0 Å². The third kappa shape index (κ3) is 4.46. The van der Waals surface area contributed by atoms with Crippen LogP contribution in [0.3, 0.4) is 0 Å². The second-order valence-electron chi connectivity index (χ2n) is 6.56. The molecule has 2 aromatic heterocycles. The summed E-state index contributed by atoms with van der Waals surface area (Å²) in [4.78, 5) is 29.8. The number of rotatable bonds is 6. The molecule has 1 fully saturated rings. The minimum atomic E-state index is -0.523. The summed E-state index contributed by atoms with van der Waals surface area (Å²) in [5.41, 5.74) is 1.91. The second-order valence-corrected chi connectivity index (χ2v) is 7.41. The average molecular weight is 434 g/mol. The molecule has 0 saturated carbocycles. The third-order valence-corrected chi connectivity index (χ3v) is 4.97. The quantitative estimate of drug-likeness (QED) is 0.551. The first-order valence-electron chi connectivity index (χ1n) is 9.01. The van der Waals surface area contributed by atoms with Crippen LogP contribution in [0.15, 0.2) is 42.7 Å². The van der Waals surface area contributed by atoms with Crippen LogP contribution in [0.25, 0.3) is 5.65 Å². The summed E-state index contributed by atoms with van der Waals surface area (Å²) in [5.74, 6) is 0.120. The molecule has 1 aromatic carbocycles. The summed E-state index contributed by atoms with van der Waals surface area (Å²) in [6, 6.07) is 8.65. The Hall–Kier alpha value is -2.77. The van der Waals surface area contributed by atoms with Crippen LogP contribution in [0.1, 0.15) is 18.5 Å². The molecule has 3 heterocycles. The maximum Gasteiger partial charge on any atom is 0.344 e. The fraction of sp³-hybridized carbons (Fsp3) is 0.250. The van der Waals surface area contributed by atoms with Crippen molar-refractivity contribution in [2.45, 2.75) is 19.4 Å². The van der Waals surface area contributed by atoms with E-state index in [-0.39, 0.29) is 19.1 Å². The number of halogens is 2. The Labute approximate surface area is 176 Å². The maximum atomic E-state index is 12.0. The van der Waals surface area contributed by atoms with Crippen LogP contribution >= 0.6 is 23.2 Å². The van der Waals surface area contributed by atoms with Crippen molar-refractivity contribution >= 4 is 46.4 Å². The van der Waals surface area contributed by atoms with E-state index >= 15 is 0 Å². The monoisotopic (exact) mass is 433 g/mol. The largest absolute Gasteiger partial charge is 0.482 e. The van der Waals surface area contributed by atoms with Gasteiger partial charge in [0.25, 0.3) is 0 Å². The number of aromatic nitrogens is 2. The van der Waals surface area contributed by atoms with Crippen molar-refractivity contribution in [2.75, 3.05) is 18.1 Å². The lowest BCUT2D eigenvalue weighted by Gasteiger charge is -2.16. The van der Waals surface area contributed by atoms with Gasteiger partial charge in [-0.3, -0.25) is 4.79 Å². The standard InChI is InChI=1S/C20H17Cl2N3O4/c21-13-8-17(22)20-23-14(10-24(20)9-13)11-29-19(27)12-28-16-5-3-15(4-6-16)25-7-1-2-18(25)26/h3-6,8-10H,1-2,7,11-12H2. The van der Waals surface area contributed by atoms with Crippen molar-refractivity contribution < 1.29 is 19.1 Å². The number of amides is 1. The number of carbonyl (C=O) groups is 2. The molecule has 9 heteroatoms. The summed E-state index contributed by atoms with van der Waals surface area (Å²) >= 11 is 12.1. The molecule has 0 N–H and O–H groups in total. The number of esters is 1. The topological polar surface area (TPSA) is 73.1 Å². The van der Waals surface area contributed by atoms with Crippen LogP contribution in [-0.2, 0) is 20.9 Å². The molecule has 0 unspecified atom stereocenters. The highest BCUT2D eigenvalue weighted by molar-refractivity contribution is 6.36. The van der Waals surface area contributed by atoms with Gasteiger partial charge in [0.1, 0.15) is 12.4 Å². The zero-order valence-electron chi connectivity index (χ0n) is 15.3. The van der Waals surface area contributed by atoms with Gasteiger partial charge in [0.15, 0.2) is 12.3 Å². The van der Waals surface area contributed by atoms with Crippen molar-refractivity contribution in [2.24, 2.45) is 0 Å². The predicted molar refractivity (Wildman–Crippen MR) is 109 cm³/mol. The number of ether oxygens (including phenoxy) is 2. The fourth-order valence-corrected chi connectivity index (χ4v) is 3.65. The van der Waals surface area contributed by atoms with Crippen molar-refractivity contribution in [1.82, 2.24) is 9.38 Å². The molecule has 0 radical (unpaired) electrons. The van der Waals surface area contributed by atoms with Gasteiger partial charge in [0.2, 0.25) is 5.91 Å². The molecule has 1 amide bonds. The normalized spacial score (nSPS) is 13.9. The van der Waals surface area contributed by atoms with E-state index in [1.165, 1.54) is 0 Å². The lowest BCUT2D eigenvalue weighted by Crippen LogP contribution is -2.23. The Bertz CT molecular complexity index is 1070. The first-order chi connectivity index (χ1) is 14.0. The number of fused-ring (bicyclic) bond motifs is 1. The molecule has 0 spiro atoms. The zero-order chi connectivity index (χ0) is 20.4. The van der Waals surface area contributed by atoms with Crippen LogP contribution in [-0.4, -0.2) is 34.4 Å². The summed E-state index contributed by atoms with van der Waals surface area (Å²) in [6.07, 6.45) is 4.81. The molecule has 3 aromatic rings. The van der Waals surface area contributed by atoms with E-state index in [0.717, 1.165) is 18.7 Å². The van der Waals surface area contributed by atoms with Gasteiger partial charge < -0.3 is 18.8 Å². The van der Waals surface area contributed by atoms with Gasteiger partial charge in [0, 0.05) is 31.0 Å². The Morgan fingerprint density at radius 1 is 1.17 bits per heavy atom. The van der Waals surface area contributed by atoms with E-state index in [0.29, 0.717) is 33.6 Å².